The van der Waals surface area contributed by atoms with Crippen molar-refractivity contribution in [3.05, 3.63) is 35.9 Å². The van der Waals surface area contributed by atoms with E-state index in [1.807, 2.05) is 65.0 Å². The van der Waals surface area contributed by atoms with Gasteiger partial charge in [0.15, 0.2) is 0 Å². The largest absolute Gasteiger partial charge is 0.467 e. The normalized spacial score (nSPS) is 22.6. The maximum atomic E-state index is 14.2. The molecule has 0 aromatic heterocycles. The number of amides is 4. The number of ether oxygens (including phenoxy) is 3. The van der Waals surface area contributed by atoms with Gasteiger partial charge in [0.05, 0.1) is 49.3 Å². The number of likely N-dealkylation sites (N-methyl/N-ethyl adjacent to an activating group) is 1. The lowest BCUT2D eigenvalue weighted by molar-refractivity contribution is -0.149. The first kappa shape index (κ1) is 44.8. The molecule has 0 spiro atoms. The Balaban J connectivity index is 1.77. The smallest absolute Gasteiger partial charge is 0.328 e. The predicted molar refractivity (Wildman–Crippen MR) is 207 cm³/mol. The minimum Gasteiger partial charge on any atom is -0.467 e. The lowest BCUT2D eigenvalue weighted by atomic mass is 9.88. The molecule has 13 nitrogen and oxygen atoms in total. The van der Waals surface area contributed by atoms with E-state index >= 15 is 0 Å². The van der Waals surface area contributed by atoms with Crippen molar-refractivity contribution in [2.45, 2.75) is 135 Å². The van der Waals surface area contributed by atoms with Gasteiger partial charge in [-0.15, -0.1) is 0 Å². The van der Waals surface area contributed by atoms with Crippen LogP contribution in [0.3, 0.4) is 0 Å². The molecule has 2 aliphatic heterocycles. The summed E-state index contributed by atoms with van der Waals surface area (Å²) in [4.78, 5) is 71.7. The molecule has 13 heteroatoms. The highest BCUT2D eigenvalue weighted by Crippen LogP contribution is 2.30. The fourth-order valence-electron chi connectivity index (χ4n) is 8.08. The molecule has 3 rings (SSSR count). The fourth-order valence-corrected chi connectivity index (χ4v) is 8.08. The molecule has 304 valence electrons. The summed E-state index contributed by atoms with van der Waals surface area (Å²) < 4.78 is 16.9. The summed E-state index contributed by atoms with van der Waals surface area (Å²) in [6.07, 6.45) is 3.76. The molecule has 2 saturated heterocycles. The summed E-state index contributed by atoms with van der Waals surface area (Å²) in [5.41, 5.74) is 0.139. The minimum absolute atomic E-state index is 0.0127. The van der Waals surface area contributed by atoms with Crippen molar-refractivity contribution in [3.63, 3.8) is 0 Å². The van der Waals surface area contributed by atoms with Crippen LogP contribution in [0.15, 0.2) is 30.3 Å². The van der Waals surface area contributed by atoms with Crippen molar-refractivity contribution in [1.82, 2.24) is 25.8 Å². The van der Waals surface area contributed by atoms with Crippen LogP contribution in [0.25, 0.3) is 0 Å². The molecule has 1 aromatic carbocycles. The highest BCUT2D eigenvalue weighted by molar-refractivity contribution is 5.92. The molecule has 0 unspecified atom stereocenters. The fraction of sp³-hybridized carbons (Fsp3) is 0.732. The zero-order valence-electron chi connectivity index (χ0n) is 34.3. The highest BCUT2D eigenvalue weighted by atomic mass is 16.5. The van der Waals surface area contributed by atoms with E-state index in [1.54, 1.807) is 30.9 Å². The number of hydrogen-bond donors (Lipinski definition) is 3. The zero-order chi connectivity index (χ0) is 40.2. The Morgan fingerprint density at radius 2 is 1.67 bits per heavy atom. The number of carbonyl (C=O) groups is 5. The van der Waals surface area contributed by atoms with Gasteiger partial charge in [-0.3, -0.25) is 19.2 Å². The number of methoxy groups -OCH3 is 3. The van der Waals surface area contributed by atoms with E-state index in [4.69, 9.17) is 14.2 Å². The summed E-state index contributed by atoms with van der Waals surface area (Å²) in [5, 5.41) is 9.26. The first-order valence-electron chi connectivity index (χ1n) is 19.7. The average Bonchev–Trinajstić information content (AvgIpc) is 3.65. The van der Waals surface area contributed by atoms with Crippen LogP contribution in [0, 0.1) is 17.8 Å². The Morgan fingerprint density at radius 1 is 0.981 bits per heavy atom. The second-order valence-electron chi connectivity index (χ2n) is 15.8. The number of likely N-dealkylation sites (tertiary alicyclic amines) is 1. The van der Waals surface area contributed by atoms with Gasteiger partial charge < -0.3 is 40.0 Å². The second-order valence-corrected chi connectivity index (χ2v) is 15.8. The first-order chi connectivity index (χ1) is 25.6. The van der Waals surface area contributed by atoms with E-state index in [2.05, 4.69) is 16.0 Å². The molecule has 3 N–H and O–H groups in total. The van der Waals surface area contributed by atoms with E-state index in [1.165, 1.54) is 14.2 Å². The van der Waals surface area contributed by atoms with Crippen LogP contribution in [0.5, 0.6) is 0 Å². The topological polar surface area (TPSA) is 156 Å². The van der Waals surface area contributed by atoms with Gasteiger partial charge in [-0.05, 0) is 63.0 Å². The summed E-state index contributed by atoms with van der Waals surface area (Å²) in [6, 6.07) is 6.90. The van der Waals surface area contributed by atoms with Crippen molar-refractivity contribution in [2.75, 3.05) is 41.5 Å². The SMILES string of the molecule is CC[C@H](C)[C@@H]([C@@H](CC(=O)N1CCC[C@H]1[C@H](OC)[C@@H](C)C(=O)N[C@@H](Cc1ccccc1)C(=O)OC)OC)N(C)C(=O)[C@@H](NC(=O)[C@@]1(C)CCCCN1)C(C)C. The van der Waals surface area contributed by atoms with Gasteiger partial charge in [0.25, 0.3) is 0 Å². The van der Waals surface area contributed by atoms with Gasteiger partial charge in [-0.1, -0.05) is 71.4 Å². The van der Waals surface area contributed by atoms with Gasteiger partial charge in [0.1, 0.15) is 12.1 Å². The number of nitrogens with one attached hydrogen (secondary N) is 3. The van der Waals surface area contributed by atoms with E-state index in [0.29, 0.717) is 19.4 Å². The van der Waals surface area contributed by atoms with Gasteiger partial charge in [-0.25, -0.2) is 4.79 Å². The van der Waals surface area contributed by atoms with E-state index < -0.39 is 47.8 Å². The summed E-state index contributed by atoms with van der Waals surface area (Å²) in [5.74, 6) is -2.39. The van der Waals surface area contributed by atoms with Gasteiger partial charge in [0.2, 0.25) is 23.6 Å². The summed E-state index contributed by atoms with van der Waals surface area (Å²) >= 11 is 0. The van der Waals surface area contributed by atoms with Crippen LogP contribution in [0.4, 0.5) is 0 Å². The molecule has 0 saturated carbocycles. The van der Waals surface area contributed by atoms with Crippen LogP contribution in [0.1, 0.15) is 92.1 Å². The average molecular weight is 758 g/mol. The van der Waals surface area contributed by atoms with Crippen LogP contribution in [-0.2, 0) is 44.6 Å². The molecule has 1 aromatic rings. The number of hydrogen-bond acceptors (Lipinski definition) is 9. The molecule has 9 atom stereocenters. The molecule has 0 bridgehead atoms. The Bertz CT molecular complexity index is 1390. The zero-order valence-corrected chi connectivity index (χ0v) is 34.3. The van der Waals surface area contributed by atoms with Gasteiger partial charge in [-0.2, -0.15) is 0 Å². The standard InChI is InChI=1S/C41H67N5O8/c1-11-27(4)35(45(7)38(49)34(26(2)3)44-40(51)41(6)21-15-16-22-42-41)32(52-8)25-33(47)46-23-17-20-31(46)36(53-9)28(5)37(48)43-30(39(50)54-10)24-29-18-13-12-14-19-29/h12-14,18-19,26-28,30-32,34-36,42H,11,15-17,20-25H2,1-10H3,(H,43,48)(H,44,51)/t27-,28+,30-,31-,32+,34-,35-,36+,41+/m0/s1. The monoisotopic (exact) mass is 757 g/mol. The number of piperidine rings is 1. The second kappa shape index (κ2) is 20.9. The molecule has 0 radical (unpaired) electrons. The third-order valence-electron chi connectivity index (χ3n) is 11.7. The lowest BCUT2D eigenvalue weighted by Gasteiger charge is -2.41. The van der Waals surface area contributed by atoms with E-state index in [-0.39, 0.29) is 54.3 Å². The third kappa shape index (κ3) is 11.3. The Labute approximate surface area is 323 Å². The van der Waals surface area contributed by atoms with Crippen molar-refractivity contribution in [3.8, 4) is 0 Å². The van der Waals surface area contributed by atoms with Crippen molar-refractivity contribution >= 4 is 29.6 Å². The van der Waals surface area contributed by atoms with E-state index in [9.17, 15) is 24.0 Å². The van der Waals surface area contributed by atoms with Crippen LogP contribution >= 0.6 is 0 Å². The molecule has 0 aliphatic carbocycles. The Morgan fingerprint density at radius 3 is 2.22 bits per heavy atom. The van der Waals surface area contributed by atoms with Crippen molar-refractivity contribution in [1.29, 1.82) is 0 Å². The molecule has 2 fully saturated rings. The highest BCUT2D eigenvalue weighted by Gasteiger charge is 2.44. The van der Waals surface area contributed by atoms with Gasteiger partial charge >= 0.3 is 5.97 Å². The molecule has 4 amide bonds. The number of benzene rings is 1. The summed E-state index contributed by atoms with van der Waals surface area (Å²) in [6.45, 7) is 12.8. The minimum atomic E-state index is -0.888. The Hall–Kier alpha value is -3.55. The molecular formula is C41H67N5O8. The van der Waals surface area contributed by atoms with Crippen LogP contribution in [-0.4, -0.2) is 123 Å². The maximum absolute atomic E-state index is 14.2. The number of rotatable bonds is 19. The van der Waals surface area contributed by atoms with Crippen LogP contribution in [0.2, 0.25) is 0 Å². The molecular weight excluding hydrogens is 690 g/mol. The Kier molecular flexibility index (Phi) is 17.4. The number of carbonyl (C=O) groups excluding carboxylic acids is 5. The molecule has 2 heterocycles. The molecule has 54 heavy (non-hydrogen) atoms. The van der Waals surface area contributed by atoms with E-state index in [0.717, 1.165) is 37.8 Å². The van der Waals surface area contributed by atoms with Crippen LogP contribution < -0.4 is 16.0 Å². The first-order valence-corrected chi connectivity index (χ1v) is 19.7. The number of esters is 1. The lowest BCUT2D eigenvalue weighted by Crippen LogP contribution is -2.63. The van der Waals surface area contributed by atoms with Gasteiger partial charge in [0, 0.05) is 34.2 Å². The third-order valence-corrected chi connectivity index (χ3v) is 11.7. The number of nitrogens with zero attached hydrogens (tertiary/aromatic N) is 2. The van der Waals surface area contributed by atoms with Crippen molar-refractivity contribution in [2.24, 2.45) is 17.8 Å². The summed E-state index contributed by atoms with van der Waals surface area (Å²) in [7, 11) is 6.11. The quantitative estimate of drug-likeness (QED) is 0.180. The molecule has 2 aliphatic rings. The maximum Gasteiger partial charge on any atom is 0.328 e. The predicted octanol–water partition coefficient (Wildman–Crippen LogP) is 3.48. The van der Waals surface area contributed by atoms with Crippen molar-refractivity contribution < 1.29 is 38.2 Å².